The molecule has 1 unspecified atom stereocenters. The fourth-order valence-electron chi connectivity index (χ4n) is 1.41. The molecule has 0 aromatic heterocycles. The van der Waals surface area contributed by atoms with Crippen molar-refractivity contribution in [3.63, 3.8) is 0 Å². The molecule has 0 heterocycles. The van der Waals surface area contributed by atoms with Gasteiger partial charge in [0.1, 0.15) is 0 Å². The Balaban J connectivity index is 2.16. The first kappa shape index (κ1) is 9.56. The Bertz CT molecular complexity index is 159. The monoisotopic (exact) mass is 168 g/mol. The van der Waals surface area contributed by atoms with Crippen molar-refractivity contribution in [1.29, 1.82) is 0 Å². The van der Waals surface area contributed by atoms with Crippen molar-refractivity contribution in [3.05, 3.63) is 0 Å². The number of aliphatic imine (C=N–C) groups is 1. The summed E-state index contributed by atoms with van der Waals surface area (Å²) in [5.74, 6) is 2.54. The molecular formula is C10H20N2. The fraction of sp³-hybridized carbons (Fsp3) is 0.900. The molecule has 70 valence electrons. The summed E-state index contributed by atoms with van der Waals surface area (Å²) in [7, 11) is 0. The Kier molecular flexibility index (Phi) is 3.57. The molecule has 1 fully saturated rings. The second kappa shape index (κ2) is 4.48. The molecule has 0 aliphatic heterocycles. The van der Waals surface area contributed by atoms with Crippen LogP contribution in [-0.2, 0) is 0 Å². The van der Waals surface area contributed by atoms with Gasteiger partial charge in [-0.05, 0) is 31.1 Å². The van der Waals surface area contributed by atoms with E-state index in [9.17, 15) is 0 Å². The Labute approximate surface area is 75.3 Å². The third-order valence-electron chi connectivity index (χ3n) is 2.52. The Morgan fingerprint density at radius 3 is 2.75 bits per heavy atom. The third-order valence-corrected chi connectivity index (χ3v) is 2.52. The lowest BCUT2D eigenvalue weighted by Gasteiger charge is -2.06. The number of nitrogens with two attached hydrogens (primary N) is 1. The zero-order chi connectivity index (χ0) is 8.97. The van der Waals surface area contributed by atoms with E-state index in [2.05, 4.69) is 18.8 Å². The molecule has 0 radical (unpaired) electrons. The maximum atomic E-state index is 5.70. The molecule has 0 spiro atoms. The molecule has 0 amide bonds. The van der Waals surface area contributed by atoms with Crippen LogP contribution < -0.4 is 5.73 Å². The standard InChI is InChI=1S/C10H20N2/c1-3-4-10(11)12-7-8(2)9-5-6-9/h8-9H,3-7H2,1-2H3,(H2,11,12). The van der Waals surface area contributed by atoms with Gasteiger partial charge in [0.2, 0.25) is 0 Å². The van der Waals surface area contributed by atoms with Crippen LogP contribution in [-0.4, -0.2) is 12.4 Å². The van der Waals surface area contributed by atoms with Crippen molar-refractivity contribution in [3.8, 4) is 0 Å². The SMILES string of the molecule is CCCC(N)=NCC(C)C1CC1. The van der Waals surface area contributed by atoms with Crippen LogP contribution in [0, 0.1) is 11.8 Å². The van der Waals surface area contributed by atoms with E-state index in [0.717, 1.165) is 37.1 Å². The first-order valence-electron chi connectivity index (χ1n) is 5.02. The summed E-state index contributed by atoms with van der Waals surface area (Å²) in [6.45, 7) is 5.35. The van der Waals surface area contributed by atoms with Crippen LogP contribution in [0.4, 0.5) is 0 Å². The second-order valence-corrected chi connectivity index (χ2v) is 3.90. The van der Waals surface area contributed by atoms with Crippen molar-refractivity contribution >= 4 is 5.84 Å². The van der Waals surface area contributed by atoms with Gasteiger partial charge >= 0.3 is 0 Å². The van der Waals surface area contributed by atoms with Gasteiger partial charge in [0, 0.05) is 13.0 Å². The summed E-state index contributed by atoms with van der Waals surface area (Å²) >= 11 is 0. The van der Waals surface area contributed by atoms with Gasteiger partial charge in [0.05, 0.1) is 5.84 Å². The minimum atomic E-state index is 0.750. The fourth-order valence-corrected chi connectivity index (χ4v) is 1.41. The van der Waals surface area contributed by atoms with Crippen molar-refractivity contribution in [2.75, 3.05) is 6.54 Å². The zero-order valence-electron chi connectivity index (χ0n) is 8.21. The van der Waals surface area contributed by atoms with Gasteiger partial charge in [0.25, 0.3) is 0 Å². The second-order valence-electron chi connectivity index (χ2n) is 3.90. The number of hydrogen-bond acceptors (Lipinski definition) is 1. The van der Waals surface area contributed by atoms with Gasteiger partial charge in [0.15, 0.2) is 0 Å². The molecular weight excluding hydrogens is 148 g/mol. The molecule has 0 aromatic carbocycles. The summed E-state index contributed by atoms with van der Waals surface area (Å²) in [4.78, 5) is 4.37. The van der Waals surface area contributed by atoms with E-state index in [1.165, 1.54) is 12.8 Å². The van der Waals surface area contributed by atoms with Crippen molar-refractivity contribution in [1.82, 2.24) is 0 Å². The van der Waals surface area contributed by atoms with Gasteiger partial charge in [-0.1, -0.05) is 13.8 Å². The summed E-state index contributed by atoms with van der Waals surface area (Å²) < 4.78 is 0. The van der Waals surface area contributed by atoms with Crippen molar-refractivity contribution < 1.29 is 0 Å². The minimum absolute atomic E-state index is 0.750. The van der Waals surface area contributed by atoms with Crippen LogP contribution in [0.25, 0.3) is 0 Å². The number of hydrogen-bond donors (Lipinski definition) is 1. The Morgan fingerprint density at radius 1 is 1.58 bits per heavy atom. The number of rotatable bonds is 5. The smallest absolute Gasteiger partial charge is 0.0937 e. The maximum Gasteiger partial charge on any atom is 0.0937 e. The molecule has 12 heavy (non-hydrogen) atoms. The highest BCUT2D eigenvalue weighted by atomic mass is 14.8. The van der Waals surface area contributed by atoms with Crippen LogP contribution in [0.15, 0.2) is 4.99 Å². The molecule has 2 heteroatoms. The molecule has 2 nitrogen and oxygen atoms in total. The molecule has 1 rings (SSSR count). The summed E-state index contributed by atoms with van der Waals surface area (Å²) in [5.41, 5.74) is 5.70. The molecule has 1 saturated carbocycles. The maximum absolute atomic E-state index is 5.70. The topological polar surface area (TPSA) is 38.4 Å². The van der Waals surface area contributed by atoms with Crippen molar-refractivity contribution in [2.45, 2.75) is 39.5 Å². The highest BCUT2D eigenvalue weighted by Crippen LogP contribution is 2.36. The highest BCUT2D eigenvalue weighted by Gasteiger charge is 2.27. The molecule has 0 aromatic rings. The van der Waals surface area contributed by atoms with E-state index < -0.39 is 0 Å². The normalized spacial score (nSPS) is 21.0. The molecule has 0 saturated heterocycles. The highest BCUT2D eigenvalue weighted by molar-refractivity contribution is 5.80. The van der Waals surface area contributed by atoms with Crippen LogP contribution >= 0.6 is 0 Å². The zero-order valence-corrected chi connectivity index (χ0v) is 8.21. The first-order valence-corrected chi connectivity index (χ1v) is 5.02. The molecule has 2 N–H and O–H groups in total. The van der Waals surface area contributed by atoms with Crippen LogP contribution in [0.2, 0.25) is 0 Å². The third kappa shape index (κ3) is 3.24. The quantitative estimate of drug-likeness (QED) is 0.496. The van der Waals surface area contributed by atoms with E-state index in [-0.39, 0.29) is 0 Å². The first-order chi connectivity index (χ1) is 5.74. The summed E-state index contributed by atoms with van der Waals surface area (Å²) in [6, 6.07) is 0. The van der Waals surface area contributed by atoms with E-state index in [1.54, 1.807) is 0 Å². The van der Waals surface area contributed by atoms with Crippen LogP contribution in [0.1, 0.15) is 39.5 Å². The van der Waals surface area contributed by atoms with Gasteiger partial charge in [-0.15, -0.1) is 0 Å². The Morgan fingerprint density at radius 2 is 2.25 bits per heavy atom. The number of nitrogens with zero attached hydrogens (tertiary/aromatic N) is 1. The van der Waals surface area contributed by atoms with Gasteiger partial charge in [-0.2, -0.15) is 0 Å². The average molecular weight is 168 g/mol. The molecule has 1 aliphatic carbocycles. The molecule has 1 atom stereocenters. The van der Waals surface area contributed by atoms with Crippen LogP contribution in [0.3, 0.4) is 0 Å². The lowest BCUT2D eigenvalue weighted by Crippen LogP contribution is -2.14. The lowest BCUT2D eigenvalue weighted by atomic mass is 10.1. The minimum Gasteiger partial charge on any atom is -0.387 e. The van der Waals surface area contributed by atoms with Crippen molar-refractivity contribution in [2.24, 2.45) is 22.6 Å². The van der Waals surface area contributed by atoms with Gasteiger partial charge in [-0.3, -0.25) is 4.99 Å². The largest absolute Gasteiger partial charge is 0.387 e. The molecule has 1 aliphatic rings. The average Bonchev–Trinajstić information content (AvgIpc) is 2.83. The van der Waals surface area contributed by atoms with E-state index in [1.807, 2.05) is 0 Å². The van der Waals surface area contributed by atoms with Gasteiger partial charge < -0.3 is 5.73 Å². The van der Waals surface area contributed by atoms with E-state index in [4.69, 9.17) is 5.73 Å². The lowest BCUT2D eigenvalue weighted by molar-refractivity contribution is 0.522. The predicted octanol–water partition coefficient (Wildman–Crippen LogP) is 2.19. The molecule has 0 bridgehead atoms. The summed E-state index contributed by atoms with van der Waals surface area (Å²) in [6.07, 6.45) is 4.87. The predicted molar refractivity (Wildman–Crippen MR) is 53.3 cm³/mol. The number of amidine groups is 1. The van der Waals surface area contributed by atoms with Gasteiger partial charge in [-0.25, -0.2) is 0 Å². The van der Waals surface area contributed by atoms with E-state index >= 15 is 0 Å². The van der Waals surface area contributed by atoms with Crippen LogP contribution in [0.5, 0.6) is 0 Å². The summed E-state index contributed by atoms with van der Waals surface area (Å²) in [5, 5.41) is 0. The Hall–Kier alpha value is -0.530. The van der Waals surface area contributed by atoms with E-state index in [0.29, 0.717) is 0 Å².